The maximum Gasteiger partial charge on any atom is 0.242 e. The van der Waals surface area contributed by atoms with Crippen LogP contribution >= 0.6 is 0 Å². The fourth-order valence-corrected chi connectivity index (χ4v) is 3.72. The van der Waals surface area contributed by atoms with E-state index < -0.39 is 0 Å². The molecule has 0 aliphatic carbocycles. The van der Waals surface area contributed by atoms with Crippen molar-refractivity contribution in [1.82, 2.24) is 9.47 Å². The second kappa shape index (κ2) is 9.96. The third-order valence-electron chi connectivity index (χ3n) is 5.57. The molecule has 0 saturated heterocycles. The van der Waals surface area contributed by atoms with Crippen molar-refractivity contribution in [2.24, 2.45) is 0 Å². The topological polar surface area (TPSA) is 51.5 Å². The Morgan fingerprint density at radius 3 is 2.53 bits per heavy atom. The Labute approximate surface area is 187 Å². The van der Waals surface area contributed by atoms with Crippen molar-refractivity contribution in [3.8, 4) is 5.75 Å². The minimum atomic E-state index is -0.00427. The first kappa shape index (κ1) is 21.4. The largest absolute Gasteiger partial charge is 0.489 e. The molecule has 2 bridgehead atoms. The van der Waals surface area contributed by atoms with Crippen molar-refractivity contribution < 1.29 is 14.3 Å². The molecule has 0 N–H and O–H groups in total. The van der Waals surface area contributed by atoms with Crippen LogP contribution in [0.1, 0.15) is 21.6 Å². The van der Waals surface area contributed by atoms with E-state index >= 15 is 0 Å². The Morgan fingerprint density at radius 1 is 1.00 bits per heavy atom. The van der Waals surface area contributed by atoms with Crippen molar-refractivity contribution in [2.75, 3.05) is 13.6 Å². The zero-order chi connectivity index (χ0) is 22.3. The fraction of sp³-hybridized carbons (Fsp3) is 0.185. The summed E-state index contributed by atoms with van der Waals surface area (Å²) in [6.45, 7) is 1.59. The first-order valence-corrected chi connectivity index (χ1v) is 10.7. The monoisotopic (exact) mass is 426 g/mol. The number of nitrogens with zero attached hydrogens (tertiary/aromatic N) is 2. The van der Waals surface area contributed by atoms with Crippen LogP contribution in [0.2, 0.25) is 0 Å². The maximum atomic E-state index is 12.5. The van der Waals surface area contributed by atoms with Gasteiger partial charge in [-0.05, 0) is 41.8 Å². The molecule has 1 aromatic heterocycles. The third kappa shape index (κ3) is 5.06. The Bertz CT molecular complexity index is 1190. The van der Waals surface area contributed by atoms with Gasteiger partial charge >= 0.3 is 0 Å². The average molecular weight is 427 g/mol. The minimum Gasteiger partial charge on any atom is -0.489 e. The van der Waals surface area contributed by atoms with Crippen LogP contribution in [0.5, 0.6) is 5.75 Å². The van der Waals surface area contributed by atoms with E-state index in [2.05, 4.69) is 24.3 Å². The van der Waals surface area contributed by atoms with Crippen molar-refractivity contribution in [1.29, 1.82) is 0 Å². The summed E-state index contributed by atoms with van der Waals surface area (Å²) in [7, 11) is 1.80. The van der Waals surface area contributed by atoms with Crippen molar-refractivity contribution in [2.45, 2.75) is 19.6 Å². The van der Waals surface area contributed by atoms with E-state index in [4.69, 9.17) is 4.74 Å². The molecule has 1 aliphatic heterocycles. The summed E-state index contributed by atoms with van der Waals surface area (Å²) in [5.74, 6) is 0.998. The van der Waals surface area contributed by atoms with Crippen LogP contribution in [-0.4, -0.2) is 35.3 Å². The lowest BCUT2D eigenvalue weighted by Gasteiger charge is -2.18. The van der Waals surface area contributed by atoms with Crippen molar-refractivity contribution in [3.05, 3.63) is 102 Å². The summed E-state index contributed by atoms with van der Waals surface area (Å²) in [5, 5.41) is 0.972. The molecular weight excluding hydrogens is 400 g/mol. The Morgan fingerprint density at radius 2 is 1.78 bits per heavy atom. The second-order valence-electron chi connectivity index (χ2n) is 7.82. The Kier molecular flexibility index (Phi) is 6.66. The van der Waals surface area contributed by atoms with Gasteiger partial charge in [0, 0.05) is 24.5 Å². The lowest BCUT2D eigenvalue weighted by molar-refractivity contribution is -0.130. The molecule has 0 spiro atoms. The summed E-state index contributed by atoms with van der Waals surface area (Å²) in [6, 6.07) is 27.7. The smallest absolute Gasteiger partial charge is 0.242 e. The number of aldehydes is 1. The molecule has 0 unspecified atom stereocenters. The van der Waals surface area contributed by atoms with Gasteiger partial charge in [-0.3, -0.25) is 9.59 Å². The van der Waals surface area contributed by atoms with Crippen LogP contribution in [0.15, 0.2) is 84.9 Å². The highest BCUT2D eigenvalue weighted by atomic mass is 16.5. The Balaban J connectivity index is 0.000000254. The number of likely N-dealkylation sites (N-methyl/N-ethyl adjacent to an activating group) is 1. The highest BCUT2D eigenvalue weighted by Gasteiger charge is 2.14. The first-order chi connectivity index (χ1) is 15.6. The molecule has 1 aliphatic rings. The number of hydrogen-bond donors (Lipinski definition) is 0. The van der Waals surface area contributed by atoms with Crippen LogP contribution in [0, 0.1) is 0 Å². The lowest BCUT2D eigenvalue weighted by Crippen LogP contribution is -2.32. The number of carbonyl (C=O) groups excluding carboxylic acids is 2. The molecule has 2 heterocycles. The van der Waals surface area contributed by atoms with Gasteiger partial charge in [-0.15, -0.1) is 0 Å². The van der Waals surface area contributed by atoms with Gasteiger partial charge in [0.2, 0.25) is 5.91 Å². The number of carbonyl (C=O) groups is 2. The number of amides is 1. The van der Waals surface area contributed by atoms with Crippen LogP contribution in [0.3, 0.4) is 0 Å². The number of benzene rings is 3. The molecule has 3 aromatic carbocycles. The first-order valence-electron chi connectivity index (χ1n) is 10.7. The van der Waals surface area contributed by atoms with E-state index in [1.165, 1.54) is 11.1 Å². The van der Waals surface area contributed by atoms with E-state index in [1.54, 1.807) is 16.5 Å². The quantitative estimate of drug-likeness (QED) is 0.419. The molecule has 0 atom stereocenters. The molecule has 0 radical (unpaired) electrons. The summed E-state index contributed by atoms with van der Waals surface area (Å²) in [6.07, 6.45) is 1.62. The summed E-state index contributed by atoms with van der Waals surface area (Å²) in [5.41, 5.74) is 3.92. The highest BCUT2D eigenvalue weighted by molar-refractivity contribution is 5.90. The van der Waals surface area contributed by atoms with E-state index in [-0.39, 0.29) is 12.5 Å². The number of fused-ring (bicyclic) bond motifs is 3. The van der Waals surface area contributed by atoms with Crippen LogP contribution in [0.25, 0.3) is 10.9 Å². The SMILES string of the molecule is CN(CCc1ccccc1)C(=O)Cn1c(C=O)cc2ccccc21.c1cc2cc(c1)OC2. The van der Waals surface area contributed by atoms with Gasteiger partial charge in [-0.2, -0.15) is 0 Å². The predicted molar refractivity (Wildman–Crippen MR) is 126 cm³/mol. The molecule has 5 heteroatoms. The van der Waals surface area contributed by atoms with Gasteiger partial charge in [-0.25, -0.2) is 0 Å². The standard InChI is InChI=1S/C20H20N2O2.C7H6O/c1-21(12-11-16-7-3-2-4-8-16)20(24)14-22-18(15-23)13-17-9-5-6-10-19(17)22;1-2-6-4-7(3-1)8-5-6/h2-10,13,15H,11-12,14H2,1H3;1-4H,5H2. The van der Waals surface area contributed by atoms with Gasteiger partial charge in [0.15, 0.2) is 6.29 Å². The van der Waals surface area contributed by atoms with Gasteiger partial charge < -0.3 is 14.2 Å². The summed E-state index contributed by atoms with van der Waals surface area (Å²) in [4.78, 5) is 25.6. The van der Waals surface area contributed by atoms with E-state index in [1.807, 2.05) is 60.7 Å². The normalized spacial score (nSPS) is 11.4. The molecule has 162 valence electrons. The van der Waals surface area contributed by atoms with Gasteiger partial charge in [-0.1, -0.05) is 60.7 Å². The van der Waals surface area contributed by atoms with Gasteiger partial charge in [0.25, 0.3) is 0 Å². The third-order valence-corrected chi connectivity index (χ3v) is 5.57. The number of para-hydroxylation sites is 1. The van der Waals surface area contributed by atoms with Gasteiger partial charge in [0.1, 0.15) is 18.9 Å². The van der Waals surface area contributed by atoms with Crippen LogP contribution < -0.4 is 4.74 Å². The average Bonchev–Trinajstić information content (AvgIpc) is 3.36. The molecule has 32 heavy (non-hydrogen) atoms. The molecule has 4 aromatic rings. The van der Waals surface area contributed by atoms with E-state index in [9.17, 15) is 9.59 Å². The zero-order valence-corrected chi connectivity index (χ0v) is 18.1. The van der Waals surface area contributed by atoms with Crippen molar-refractivity contribution in [3.63, 3.8) is 0 Å². The van der Waals surface area contributed by atoms with E-state index in [0.29, 0.717) is 12.2 Å². The van der Waals surface area contributed by atoms with Crippen LogP contribution in [-0.2, 0) is 24.4 Å². The minimum absolute atomic E-state index is 0.00427. The maximum absolute atomic E-state index is 12.5. The number of aromatic nitrogens is 1. The number of rotatable bonds is 6. The second-order valence-corrected chi connectivity index (χ2v) is 7.82. The molecular formula is C27H26N2O3. The molecule has 0 fully saturated rings. The fourth-order valence-electron chi connectivity index (χ4n) is 3.72. The lowest BCUT2D eigenvalue weighted by atomic mass is 10.1. The highest BCUT2D eigenvalue weighted by Crippen LogP contribution is 2.21. The molecule has 1 amide bonds. The molecule has 5 rings (SSSR count). The number of hydrogen-bond acceptors (Lipinski definition) is 3. The zero-order valence-electron chi connectivity index (χ0n) is 18.1. The summed E-state index contributed by atoms with van der Waals surface area (Å²) < 4.78 is 6.96. The van der Waals surface area contributed by atoms with E-state index in [0.717, 1.165) is 36.0 Å². The predicted octanol–water partition coefficient (Wildman–Crippen LogP) is 4.73. The molecule has 0 saturated carbocycles. The summed E-state index contributed by atoms with van der Waals surface area (Å²) >= 11 is 0. The Hall–Kier alpha value is -3.86. The molecule has 5 nitrogen and oxygen atoms in total. The van der Waals surface area contributed by atoms with Crippen molar-refractivity contribution >= 4 is 23.1 Å². The van der Waals surface area contributed by atoms with Crippen LogP contribution in [0.4, 0.5) is 0 Å². The van der Waals surface area contributed by atoms with Gasteiger partial charge in [0.05, 0.1) is 5.69 Å². The number of ether oxygens (including phenoxy) is 1.